The fourth-order valence-corrected chi connectivity index (χ4v) is 6.54. The van der Waals surface area contributed by atoms with Gasteiger partial charge in [0.25, 0.3) is 0 Å². The molecule has 2 atom stereocenters. The summed E-state index contributed by atoms with van der Waals surface area (Å²) in [5, 5.41) is -0.139. The summed E-state index contributed by atoms with van der Waals surface area (Å²) in [6, 6.07) is 2.44. The van der Waals surface area contributed by atoms with Crippen molar-refractivity contribution < 1.29 is 26.4 Å². The number of carbonyl (C=O) groups excluding carboxylic acids is 1. The molecule has 1 N–H and O–H groups in total. The molecule has 2 aliphatic rings. The summed E-state index contributed by atoms with van der Waals surface area (Å²) in [6.07, 6.45) is -3.02. The van der Waals surface area contributed by atoms with Crippen LogP contribution in [0.5, 0.6) is 0 Å². The zero-order valence-corrected chi connectivity index (χ0v) is 15.9. The first-order valence-electron chi connectivity index (χ1n) is 8.19. The summed E-state index contributed by atoms with van der Waals surface area (Å²) in [4.78, 5) is 12.5. The van der Waals surface area contributed by atoms with Crippen LogP contribution in [0.4, 0.5) is 18.9 Å². The van der Waals surface area contributed by atoms with Crippen LogP contribution in [0.2, 0.25) is 5.02 Å². The molecule has 9 heteroatoms. The lowest BCUT2D eigenvalue weighted by Crippen LogP contribution is -2.43. The molecule has 3 rings (SSSR count). The molecule has 0 heterocycles. The van der Waals surface area contributed by atoms with E-state index in [-0.39, 0.29) is 22.4 Å². The molecule has 26 heavy (non-hydrogen) atoms. The maximum atomic E-state index is 12.9. The minimum atomic E-state index is -4.62. The average molecular weight is 410 g/mol. The van der Waals surface area contributed by atoms with E-state index in [1.54, 1.807) is 0 Å². The van der Waals surface area contributed by atoms with Gasteiger partial charge in [0.15, 0.2) is 0 Å². The molecule has 0 spiro atoms. The third kappa shape index (κ3) is 3.01. The highest BCUT2D eigenvalue weighted by Crippen LogP contribution is 2.64. The van der Waals surface area contributed by atoms with Crippen molar-refractivity contribution in [2.24, 2.45) is 16.7 Å². The van der Waals surface area contributed by atoms with E-state index in [0.717, 1.165) is 18.6 Å². The predicted octanol–water partition coefficient (Wildman–Crippen LogP) is 4.50. The van der Waals surface area contributed by atoms with Crippen molar-refractivity contribution in [3.8, 4) is 0 Å². The molecule has 0 amide bonds. The number of rotatable bonds is 4. The Morgan fingerprint density at radius 1 is 1.31 bits per heavy atom. The van der Waals surface area contributed by atoms with E-state index >= 15 is 0 Å². The Kier molecular flexibility index (Phi) is 4.39. The smallest absolute Gasteiger partial charge is 0.299 e. The van der Waals surface area contributed by atoms with Gasteiger partial charge in [-0.3, -0.25) is 9.52 Å². The van der Waals surface area contributed by atoms with E-state index in [0.29, 0.717) is 18.9 Å². The number of Topliss-reactive ketones (excluding diaryl/α,β-unsaturated/α-hetero) is 1. The van der Waals surface area contributed by atoms with Crippen LogP contribution >= 0.6 is 11.6 Å². The second-order valence-electron chi connectivity index (χ2n) is 7.72. The van der Waals surface area contributed by atoms with Gasteiger partial charge in [-0.2, -0.15) is 13.2 Å². The van der Waals surface area contributed by atoms with E-state index in [9.17, 15) is 26.4 Å². The van der Waals surface area contributed by atoms with Gasteiger partial charge < -0.3 is 0 Å². The predicted molar refractivity (Wildman–Crippen MR) is 92.4 cm³/mol. The number of sulfonamides is 1. The standard InChI is InChI=1S/C17H19ClF3NO3S/c1-15(2)10-5-6-16(15,14(23)8-10)9-26(24,25)22-13-7-11(17(19,20)21)3-4-12(13)18/h3-4,7,10,22H,5-6,8-9H2,1-2H3/t10-,16+/m0/s1. The number of nitrogens with one attached hydrogen (secondary N) is 1. The molecule has 0 aromatic heterocycles. The van der Waals surface area contributed by atoms with Crippen molar-refractivity contribution >= 4 is 33.1 Å². The lowest BCUT2D eigenvalue weighted by atomic mass is 9.70. The molecular formula is C17H19ClF3NO3S. The number of hydrogen-bond acceptors (Lipinski definition) is 3. The fraction of sp³-hybridized carbons (Fsp3) is 0.588. The Balaban J connectivity index is 1.90. The van der Waals surface area contributed by atoms with Gasteiger partial charge in [-0.1, -0.05) is 25.4 Å². The summed E-state index contributed by atoms with van der Waals surface area (Å²) in [7, 11) is -4.07. The molecule has 1 aromatic rings. The molecule has 2 fully saturated rings. The van der Waals surface area contributed by atoms with E-state index in [4.69, 9.17) is 11.6 Å². The van der Waals surface area contributed by atoms with Gasteiger partial charge in [-0.15, -0.1) is 0 Å². The van der Waals surface area contributed by atoms with Gasteiger partial charge >= 0.3 is 6.18 Å². The number of halogens is 4. The molecule has 4 nitrogen and oxygen atoms in total. The Bertz CT molecular complexity index is 866. The normalized spacial score (nSPS) is 27.8. The van der Waals surface area contributed by atoms with Crippen molar-refractivity contribution in [1.82, 2.24) is 0 Å². The second-order valence-corrected chi connectivity index (χ2v) is 9.85. The van der Waals surface area contributed by atoms with E-state index in [1.807, 2.05) is 13.8 Å². The summed E-state index contributed by atoms with van der Waals surface area (Å²) in [5.41, 5.74) is -2.81. The molecule has 0 aliphatic heterocycles. The van der Waals surface area contributed by atoms with Crippen LogP contribution in [0.3, 0.4) is 0 Å². The zero-order valence-electron chi connectivity index (χ0n) is 14.3. The highest BCUT2D eigenvalue weighted by molar-refractivity contribution is 7.92. The minimum absolute atomic E-state index is 0.0840. The SMILES string of the molecule is CC1(C)[C@H]2CC[C@@]1(CS(=O)(=O)Nc1cc(C(F)(F)F)ccc1Cl)C(=O)C2. The van der Waals surface area contributed by atoms with Crippen LogP contribution < -0.4 is 4.72 Å². The topological polar surface area (TPSA) is 63.2 Å². The fourth-order valence-electron chi connectivity index (χ4n) is 4.42. The first-order valence-corrected chi connectivity index (χ1v) is 10.2. The second kappa shape index (κ2) is 5.86. The van der Waals surface area contributed by atoms with Gasteiger partial charge in [0.05, 0.1) is 27.4 Å². The number of fused-ring (bicyclic) bond motifs is 2. The molecule has 0 saturated heterocycles. The van der Waals surface area contributed by atoms with Crippen molar-refractivity contribution in [1.29, 1.82) is 0 Å². The first kappa shape index (κ1) is 19.5. The van der Waals surface area contributed by atoms with Crippen LogP contribution in [-0.2, 0) is 21.0 Å². The van der Waals surface area contributed by atoms with Gasteiger partial charge in [0.1, 0.15) is 5.78 Å². The Labute approximate surface area is 155 Å². The van der Waals surface area contributed by atoms with Gasteiger partial charge in [0.2, 0.25) is 10.0 Å². The van der Waals surface area contributed by atoms with Crippen LogP contribution in [0, 0.1) is 16.7 Å². The molecular weight excluding hydrogens is 391 g/mol. The van der Waals surface area contributed by atoms with Crippen molar-refractivity contribution in [2.45, 2.75) is 39.3 Å². The average Bonchev–Trinajstić information content (AvgIpc) is 2.81. The van der Waals surface area contributed by atoms with E-state index < -0.39 is 38.3 Å². The molecule has 2 bridgehead atoms. The third-order valence-corrected chi connectivity index (χ3v) is 7.87. The number of anilines is 1. The molecule has 0 radical (unpaired) electrons. The summed E-state index contributed by atoms with van der Waals surface area (Å²) in [5.74, 6) is -0.392. The number of carbonyl (C=O) groups is 1. The van der Waals surface area contributed by atoms with E-state index in [2.05, 4.69) is 4.72 Å². The monoisotopic (exact) mass is 409 g/mol. The maximum Gasteiger partial charge on any atom is 0.416 e. The van der Waals surface area contributed by atoms with Gasteiger partial charge in [-0.05, 0) is 42.4 Å². The number of hydrogen-bond donors (Lipinski definition) is 1. The molecule has 0 unspecified atom stereocenters. The molecule has 1 aromatic carbocycles. The van der Waals surface area contributed by atoms with E-state index in [1.165, 1.54) is 0 Å². The minimum Gasteiger partial charge on any atom is -0.299 e. The molecule has 2 aliphatic carbocycles. The molecule has 2 saturated carbocycles. The lowest BCUT2D eigenvalue weighted by molar-refractivity contribution is -0.137. The van der Waals surface area contributed by atoms with Crippen LogP contribution in [0.1, 0.15) is 38.7 Å². The number of alkyl halides is 3. The van der Waals surface area contributed by atoms with Crippen LogP contribution in [0.15, 0.2) is 18.2 Å². The first-order chi connectivity index (χ1) is 11.8. The lowest BCUT2D eigenvalue weighted by Gasteiger charge is -2.36. The molecule has 144 valence electrons. The number of ketones is 1. The highest BCUT2D eigenvalue weighted by Gasteiger charge is 2.65. The summed E-state index contributed by atoms with van der Waals surface area (Å²) >= 11 is 5.87. The Morgan fingerprint density at radius 3 is 2.46 bits per heavy atom. The van der Waals surface area contributed by atoms with Gasteiger partial charge in [-0.25, -0.2) is 8.42 Å². The highest BCUT2D eigenvalue weighted by atomic mass is 35.5. The van der Waals surface area contributed by atoms with Crippen LogP contribution in [-0.4, -0.2) is 20.0 Å². The van der Waals surface area contributed by atoms with Crippen LogP contribution in [0.25, 0.3) is 0 Å². The maximum absolute atomic E-state index is 12.9. The third-order valence-electron chi connectivity index (χ3n) is 6.13. The van der Waals surface area contributed by atoms with Gasteiger partial charge in [0, 0.05) is 6.42 Å². The van der Waals surface area contributed by atoms with Crippen molar-refractivity contribution in [2.75, 3.05) is 10.5 Å². The summed E-state index contributed by atoms with van der Waals surface area (Å²) < 4.78 is 66.1. The number of benzene rings is 1. The van der Waals surface area contributed by atoms with Crippen molar-refractivity contribution in [3.63, 3.8) is 0 Å². The zero-order chi connectivity index (χ0) is 19.5. The quantitative estimate of drug-likeness (QED) is 0.796. The summed E-state index contributed by atoms with van der Waals surface area (Å²) in [6.45, 7) is 3.78. The van der Waals surface area contributed by atoms with Crippen molar-refractivity contribution in [3.05, 3.63) is 28.8 Å². The Morgan fingerprint density at radius 2 is 1.96 bits per heavy atom. The Hall–Kier alpha value is -1.28. The largest absolute Gasteiger partial charge is 0.416 e.